The lowest BCUT2D eigenvalue weighted by molar-refractivity contribution is 0.0979. The SMILES string of the molecule is CCCCCCC(=O)c1nc2c(Nc3ccc(F)cc3OC(C)C)ncnc2s1. The molecule has 29 heavy (non-hydrogen) atoms. The predicted molar refractivity (Wildman–Crippen MR) is 114 cm³/mol. The van der Waals surface area contributed by atoms with Gasteiger partial charge in [0.05, 0.1) is 11.8 Å². The zero-order chi connectivity index (χ0) is 20.8. The van der Waals surface area contributed by atoms with Crippen LogP contribution in [0.5, 0.6) is 5.75 Å². The Balaban J connectivity index is 1.84. The van der Waals surface area contributed by atoms with Gasteiger partial charge in [-0.1, -0.05) is 37.5 Å². The molecule has 0 spiro atoms. The third kappa shape index (κ3) is 5.47. The van der Waals surface area contributed by atoms with Crippen LogP contribution in [-0.2, 0) is 0 Å². The number of Topliss-reactive ketones (excluding diaryl/α,β-unsaturated/α-hetero) is 1. The summed E-state index contributed by atoms with van der Waals surface area (Å²) >= 11 is 1.27. The van der Waals surface area contributed by atoms with Crippen LogP contribution in [-0.4, -0.2) is 26.8 Å². The quantitative estimate of drug-likeness (QED) is 0.327. The predicted octanol–water partition coefficient (Wildman–Crippen LogP) is 5.91. The number of unbranched alkanes of at least 4 members (excludes halogenated alkanes) is 3. The summed E-state index contributed by atoms with van der Waals surface area (Å²) in [5, 5.41) is 3.59. The van der Waals surface area contributed by atoms with E-state index < -0.39 is 0 Å². The molecule has 0 aliphatic rings. The van der Waals surface area contributed by atoms with Gasteiger partial charge in [-0.3, -0.25) is 4.79 Å². The molecule has 8 heteroatoms. The van der Waals surface area contributed by atoms with Crippen molar-refractivity contribution in [3.05, 3.63) is 35.4 Å². The number of ketones is 1. The number of aromatic nitrogens is 3. The second-order valence-electron chi connectivity index (χ2n) is 7.06. The third-order valence-electron chi connectivity index (χ3n) is 4.25. The standard InChI is InChI=1S/C21H25FN4O2S/c1-4-5-6-7-8-16(27)20-26-18-19(23-12-24-21(18)29-20)25-15-10-9-14(22)11-17(15)28-13(2)3/h9-13H,4-8H2,1-3H3,(H,23,24,25). The van der Waals surface area contributed by atoms with Crippen LogP contribution in [0.25, 0.3) is 10.3 Å². The molecular weight excluding hydrogens is 391 g/mol. The molecule has 1 N–H and O–H groups in total. The highest BCUT2D eigenvalue weighted by Gasteiger charge is 2.17. The summed E-state index contributed by atoms with van der Waals surface area (Å²) in [4.78, 5) is 26.1. The van der Waals surface area contributed by atoms with E-state index in [0.29, 0.717) is 39.0 Å². The third-order valence-corrected chi connectivity index (χ3v) is 5.26. The Morgan fingerprint density at radius 1 is 1.24 bits per heavy atom. The van der Waals surface area contributed by atoms with E-state index in [2.05, 4.69) is 27.2 Å². The van der Waals surface area contributed by atoms with E-state index in [9.17, 15) is 9.18 Å². The average molecular weight is 417 g/mol. The van der Waals surface area contributed by atoms with Crippen molar-refractivity contribution in [2.45, 2.75) is 59.0 Å². The minimum Gasteiger partial charge on any atom is -0.489 e. The van der Waals surface area contributed by atoms with Gasteiger partial charge in [-0.25, -0.2) is 19.3 Å². The van der Waals surface area contributed by atoms with Crippen LogP contribution >= 0.6 is 11.3 Å². The molecule has 3 aromatic rings. The van der Waals surface area contributed by atoms with Crippen LogP contribution in [0.4, 0.5) is 15.9 Å². The van der Waals surface area contributed by atoms with Gasteiger partial charge < -0.3 is 10.1 Å². The summed E-state index contributed by atoms with van der Waals surface area (Å²) in [6, 6.07) is 4.26. The second kappa shape index (κ2) is 9.73. The van der Waals surface area contributed by atoms with Gasteiger partial charge in [-0.15, -0.1) is 0 Å². The van der Waals surface area contributed by atoms with E-state index in [4.69, 9.17) is 4.74 Å². The first kappa shape index (κ1) is 21.1. The van der Waals surface area contributed by atoms with Gasteiger partial charge in [0, 0.05) is 12.5 Å². The molecule has 0 saturated heterocycles. The summed E-state index contributed by atoms with van der Waals surface area (Å²) < 4.78 is 19.4. The van der Waals surface area contributed by atoms with Crippen molar-refractivity contribution >= 4 is 39.0 Å². The summed E-state index contributed by atoms with van der Waals surface area (Å²) in [6.45, 7) is 5.88. The van der Waals surface area contributed by atoms with E-state index >= 15 is 0 Å². The number of halogens is 1. The van der Waals surface area contributed by atoms with Gasteiger partial charge in [0.15, 0.2) is 16.6 Å². The lowest BCUT2D eigenvalue weighted by Crippen LogP contribution is -2.08. The number of carbonyl (C=O) groups excluding carboxylic acids is 1. The fraction of sp³-hybridized carbons (Fsp3) is 0.429. The number of rotatable bonds is 10. The van der Waals surface area contributed by atoms with Gasteiger partial charge >= 0.3 is 0 Å². The molecule has 0 unspecified atom stereocenters. The van der Waals surface area contributed by atoms with Crippen LogP contribution in [0.1, 0.15) is 62.7 Å². The molecule has 1 aromatic carbocycles. The normalized spacial score (nSPS) is 11.2. The van der Waals surface area contributed by atoms with Gasteiger partial charge in [0.1, 0.15) is 28.2 Å². The van der Waals surface area contributed by atoms with E-state index in [1.54, 1.807) is 6.07 Å². The van der Waals surface area contributed by atoms with Crippen LogP contribution in [0.15, 0.2) is 24.5 Å². The molecule has 2 aromatic heterocycles. The van der Waals surface area contributed by atoms with Gasteiger partial charge in [-0.05, 0) is 32.4 Å². The van der Waals surface area contributed by atoms with E-state index in [-0.39, 0.29) is 17.7 Å². The minimum atomic E-state index is -0.386. The van der Waals surface area contributed by atoms with Crippen molar-refractivity contribution < 1.29 is 13.9 Å². The van der Waals surface area contributed by atoms with E-state index in [1.165, 1.54) is 29.8 Å². The molecule has 154 valence electrons. The maximum absolute atomic E-state index is 13.7. The van der Waals surface area contributed by atoms with Crippen molar-refractivity contribution in [2.24, 2.45) is 0 Å². The smallest absolute Gasteiger partial charge is 0.191 e. The highest BCUT2D eigenvalue weighted by atomic mass is 32.1. The van der Waals surface area contributed by atoms with Gasteiger partial charge in [0.2, 0.25) is 0 Å². The lowest BCUT2D eigenvalue weighted by Gasteiger charge is -2.15. The Kier molecular flexibility index (Phi) is 7.09. The summed E-state index contributed by atoms with van der Waals surface area (Å²) in [5.41, 5.74) is 1.09. The maximum atomic E-state index is 13.7. The number of ether oxygens (including phenoxy) is 1. The number of fused-ring (bicyclic) bond motifs is 1. The van der Waals surface area contributed by atoms with Crippen molar-refractivity contribution in [3.63, 3.8) is 0 Å². The summed E-state index contributed by atoms with van der Waals surface area (Å²) in [6.07, 6.45) is 5.97. The molecule has 0 aliphatic carbocycles. The largest absolute Gasteiger partial charge is 0.489 e. The molecule has 0 radical (unpaired) electrons. The molecule has 0 atom stereocenters. The first-order chi connectivity index (χ1) is 14.0. The van der Waals surface area contributed by atoms with Crippen LogP contribution in [0.2, 0.25) is 0 Å². The number of hydrogen-bond donors (Lipinski definition) is 1. The Labute approximate surface area is 173 Å². The molecule has 0 saturated carbocycles. The monoisotopic (exact) mass is 416 g/mol. The molecule has 3 rings (SSSR count). The molecule has 0 aliphatic heterocycles. The highest BCUT2D eigenvalue weighted by molar-refractivity contribution is 7.20. The first-order valence-corrected chi connectivity index (χ1v) is 10.7. The van der Waals surface area contributed by atoms with Crippen LogP contribution in [0.3, 0.4) is 0 Å². The van der Waals surface area contributed by atoms with Crippen LogP contribution < -0.4 is 10.1 Å². The number of nitrogens with zero attached hydrogens (tertiary/aromatic N) is 3. The van der Waals surface area contributed by atoms with Gasteiger partial charge in [0.25, 0.3) is 0 Å². The Hall–Kier alpha value is -2.61. The zero-order valence-electron chi connectivity index (χ0n) is 16.9. The van der Waals surface area contributed by atoms with Crippen LogP contribution in [0, 0.1) is 5.82 Å². The molecule has 0 amide bonds. The Bertz CT molecular complexity index is 990. The lowest BCUT2D eigenvalue weighted by atomic mass is 10.1. The first-order valence-electron chi connectivity index (χ1n) is 9.86. The second-order valence-corrected chi connectivity index (χ2v) is 8.04. The molecule has 0 bridgehead atoms. The Morgan fingerprint density at radius 3 is 2.83 bits per heavy atom. The highest BCUT2D eigenvalue weighted by Crippen LogP contribution is 2.32. The molecule has 6 nitrogen and oxygen atoms in total. The molecule has 0 fully saturated rings. The maximum Gasteiger partial charge on any atom is 0.191 e. The fourth-order valence-electron chi connectivity index (χ4n) is 2.86. The van der Waals surface area contributed by atoms with E-state index in [1.807, 2.05) is 13.8 Å². The van der Waals surface area contributed by atoms with Crippen molar-refractivity contribution in [1.29, 1.82) is 0 Å². The number of carbonyl (C=O) groups is 1. The molecule has 2 heterocycles. The average Bonchev–Trinajstić information content (AvgIpc) is 3.12. The fourth-order valence-corrected chi connectivity index (χ4v) is 3.74. The number of thiazole rings is 1. The minimum absolute atomic E-state index is 0.0284. The number of hydrogen-bond acceptors (Lipinski definition) is 7. The molecular formula is C21H25FN4O2S. The van der Waals surface area contributed by atoms with Crippen molar-refractivity contribution in [3.8, 4) is 5.75 Å². The Morgan fingerprint density at radius 2 is 2.07 bits per heavy atom. The number of nitrogens with one attached hydrogen (secondary N) is 1. The van der Waals surface area contributed by atoms with E-state index in [0.717, 1.165) is 25.7 Å². The zero-order valence-corrected chi connectivity index (χ0v) is 17.7. The summed E-state index contributed by atoms with van der Waals surface area (Å²) in [5.74, 6) is 0.482. The topological polar surface area (TPSA) is 77.0 Å². The van der Waals surface area contributed by atoms with Gasteiger partial charge in [-0.2, -0.15) is 0 Å². The number of benzene rings is 1. The van der Waals surface area contributed by atoms with Crippen molar-refractivity contribution in [2.75, 3.05) is 5.32 Å². The summed E-state index contributed by atoms with van der Waals surface area (Å²) in [7, 11) is 0. The number of anilines is 2. The van der Waals surface area contributed by atoms with Crippen molar-refractivity contribution in [1.82, 2.24) is 15.0 Å².